The summed E-state index contributed by atoms with van der Waals surface area (Å²) in [4.78, 5) is 4.35. The van der Waals surface area contributed by atoms with Crippen molar-refractivity contribution in [3.05, 3.63) is 83.4 Å². The van der Waals surface area contributed by atoms with Crippen LogP contribution in [0.5, 0.6) is 0 Å². The van der Waals surface area contributed by atoms with Crippen LogP contribution < -0.4 is 4.72 Å². The summed E-state index contributed by atoms with van der Waals surface area (Å²) in [5.74, 6) is 0. The van der Waals surface area contributed by atoms with E-state index in [9.17, 15) is 8.42 Å². The maximum absolute atomic E-state index is 12.5. The first kappa shape index (κ1) is 17.4. The van der Waals surface area contributed by atoms with Gasteiger partial charge in [-0.2, -0.15) is 0 Å². The standard InChI is InChI=1S/C19H21N3O2S/c1-15-3-8-19(16(2)11-15)25(23,24)21-12-17-4-6-18(7-5-17)13-22-10-9-20-14-22/h3-11,14,21H,12-13H2,1-2H3. The number of aryl methyl sites for hydroxylation is 2. The average molecular weight is 355 g/mol. The van der Waals surface area contributed by atoms with Crippen LogP contribution in [0.25, 0.3) is 0 Å². The Morgan fingerprint density at radius 2 is 1.76 bits per heavy atom. The van der Waals surface area contributed by atoms with Gasteiger partial charge in [0, 0.05) is 25.5 Å². The van der Waals surface area contributed by atoms with Crippen molar-refractivity contribution < 1.29 is 8.42 Å². The number of imidazole rings is 1. The van der Waals surface area contributed by atoms with E-state index in [0.717, 1.165) is 28.8 Å². The molecule has 0 saturated heterocycles. The van der Waals surface area contributed by atoms with Gasteiger partial charge in [0.2, 0.25) is 10.0 Å². The number of nitrogens with one attached hydrogen (secondary N) is 1. The number of nitrogens with zero attached hydrogens (tertiary/aromatic N) is 2. The van der Waals surface area contributed by atoms with Crippen LogP contribution in [0.2, 0.25) is 0 Å². The Hall–Kier alpha value is -2.44. The highest BCUT2D eigenvalue weighted by Gasteiger charge is 2.16. The molecule has 0 saturated carbocycles. The summed E-state index contributed by atoms with van der Waals surface area (Å²) in [6.45, 7) is 4.77. The van der Waals surface area contributed by atoms with Gasteiger partial charge in [-0.1, -0.05) is 42.0 Å². The zero-order valence-electron chi connectivity index (χ0n) is 14.3. The van der Waals surface area contributed by atoms with E-state index in [4.69, 9.17) is 0 Å². The lowest BCUT2D eigenvalue weighted by Crippen LogP contribution is -2.24. The minimum absolute atomic E-state index is 0.265. The van der Waals surface area contributed by atoms with Gasteiger partial charge in [-0.15, -0.1) is 0 Å². The van der Waals surface area contributed by atoms with Crippen molar-refractivity contribution in [1.82, 2.24) is 14.3 Å². The van der Waals surface area contributed by atoms with Crippen molar-refractivity contribution in [2.45, 2.75) is 31.8 Å². The van der Waals surface area contributed by atoms with Crippen LogP contribution in [0.1, 0.15) is 22.3 Å². The summed E-state index contributed by atoms with van der Waals surface area (Å²) in [5.41, 5.74) is 3.86. The summed E-state index contributed by atoms with van der Waals surface area (Å²) in [6, 6.07) is 13.2. The van der Waals surface area contributed by atoms with E-state index >= 15 is 0 Å². The van der Waals surface area contributed by atoms with Crippen LogP contribution in [-0.2, 0) is 23.1 Å². The maximum Gasteiger partial charge on any atom is 0.241 e. The molecule has 25 heavy (non-hydrogen) atoms. The van der Waals surface area contributed by atoms with Gasteiger partial charge in [-0.3, -0.25) is 0 Å². The van der Waals surface area contributed by atoms with Gasteiger partial charge < -0.3 is 4.57 Å². The molecule has 6 heteroatoms. The van der Waals surface area contributed by atoms with Crippen LogP contribution in [0.3, 0.4) is 0 Å². The third kappa shape index (κ3) is 4.35. The van der Waals surface area contributed by atoms with Crippen LogP contribution in [0, 0.1) is 13.8 Å². The normalized spacial score (nSPS) is 11.6. The molecule has 0 radical (unpaired) electrons. The summed E-state index contributed by atoms with van der Waals surface area (Å²) in [5, 5.41) is 0. The van der Waals surface area contributed by atoms with Crippen molar-refractivity contribution in [3.8, 4) is 0 Å². The van der Waals surface area contributed by atoms with E-state index in [1.165, 1.54) is 0 Å². The number of rotatable bonds is 6. The maximum atomic E-state index is 12.5. The molecule has 0 fully saturated rings. The molecule has 3 aromatic rings. The molecule has 0 aliphatic carbocycles. The molecule has 130 valence electrons. The van der Waals surface area contributed by atoms with E-state index < -0.39 is 10.0 Å². The fourth-order valence-corrected chi connectivity index (χ4v) is 3.95. The monoisotopic (exact) mass is 355 g/mol. The second-order valence-corrected chi connectivity index (χ2v) is 7.88. The molecule has 3 rings (SSSR count). The summed E-state index contributed by atoms with van der Waals surface area (Å²) in [6.07, 6.45) is 5.42. The molecule has 0 spiro atoms. The zero-order chi connectivity index (χ0) is 17.9. The highest BCUT2D eigenvalue weighted by molar-refractivity contribution is 7.89. The van der Waals surface area contributed by atoms with E-state index in [0.29, 0.717) is 4.90 Å². The third-order valence-corrected chi connectivity index (χ3v) is 5.60. The molecule has 0 unspecified atom stereocenters. The SMILES string of the molecule is Cc1ccc(S(=O)(=O)NCc2ccc(Cn3ccnc3)cc2)c(C)c1. The summed E-state index contributed by atoms with van der Waals surface area (Å²) < 4.78 is 29.6. The Morgan fingerprint density at radius 3 is 2.40 bits per heavy atom. The number of aromatic nitrogens is 2. The lowest BCUT2D eigenvalue weighted by Gasteiger charge is -2.10. The molecule has 1 N–H and O–H groups in total. The molecule has 1 aromatic heterocycles. The van der Waals surface area contributed by atoms with Crippen molar-refractivity contribution in [2.24, 2.45) is 0 Å². The van der Waals surface area contributed by atoms with Crippen molar-refractivity contribution in [3.63, 3.8) is 0 Å². The van der Waals surface area contributed by atoms with E-state index in [1.807, 2.05) is 61.0 Å². The van der Waals surface area contributed by atoms with Gasteiger partial charge in [-0.05, 0) is 36.6 Å². The quantitative estimate of drug-likeness (QED) is 0.739. The Bertz CT molecular complexity index is 947. The van der Waals surface area contributed by atoms with Crippen LogP contribution >= 0.6 is 0 Å². The molecule has 0 amide bonds. The lowest BCUT2D eigenvalue weighted by atomic mass is 10.1. The predicted octanol–water partition coefficient (Wildman–Crippen LogP) is 3.03. The first-order valence-electron chi connectivity index (χ1n) is 8.04. The van der Waals surface area contributed by atoms with Crippen molar-refractivity contribution in [2.75, 3.05) is 0 Å². The van der Waals surface area contributed by atoms with Gasteiger partial charge in [0.15, 0.2) is 0 Å². The van der Waals surface area contributed by atoms with E-state index in [2.05, 4.69) is 9.71 Å². The van der Waals surface area contributed by atoms with Gasteiger partial charge in [0.05, 0.1) is 11.2 Å². The van der Waals surface area contributed by atoms with E-state index in [-0.39, 0.29) is 6.54 Å². The lowest BCUT2D eigenvalue weighted by molar-refractivity contribution is 0.580. The van der Waals surface area contributed by atoms with Gasteiger partial charge in [0.25, 0.3) is 0 Å². The molecule has 1 heterocycles. The van der Waals surface area contributed by atoms with Gasteiger partial charge in [-0.25, -0.2) is 18.1 Å². The second-order valence-electron chi connectivity index (χ2n) is 6.15. The molecule has 2 aromatic carbocycles. The molecule has 0 aliphatic heterocycles. The highest BCUT2D eigenvalue weighted by Crippen LogP contribution is 2.17. The number of hydrogen-bond acceptors (Lipinski definition) is 3. The third-order valence-electron chi connectivity index (χ3n) is 4.03. The Kier molecular flexibility index (Phi) is 5.01. The van der Waals surface area contributed by atoms with Gasteiger partial charge in [0.1, 0.15) is 0 Å². The largest absolute Gasteiger partial charge is 0.333 e. The molecule has 5 nitrogen and oxygen atoms in total. The smallest absolute Gasteiger partial charge is 0.241 e. The van der Waals surface area contributed by atoms with Crippen LogP contribution in [-0.4, -0.2) is 18.0 Å². The molecule has 0 atom stereocenters. The van der Waals surface area contributed by atoms with Crippen molar-refractivity contribution >= 4 is 10.0 Å². The average Bonchev–Trinajstić information content (AvgIpc) is 3.07. The Morgan fingerprint density at radius 1 is 1.04 bits per heavy atom. The Labute approximate surface area is 148 Å². The summed E-state index contributed by atoms with van der Waals surface area (Å²) in [7, 11) is -3.52. The first-order valence-corrected chi connectivity index (χ1v) is 9.53. The topological polar surface area (TPSA) is 64.0 Å². The van der Waals surface area contributed by atoms with Crippen LogP contribution in [0.15, 0.2) is 66.1 Å². The number of benzene rings is 2. The second kappa shape index (κ2) is 7.21. The fraction of sp³-hybridized carbons (Fsp3) is 0.211. The minimum atomic E-state index is -3.52. The Balaban J connectivity index is 1.66. The molecular weight excluding hydrogens is 334 g/mol. The highest BCUT2D eigenvalue weighted by atomic mass is 32.2. The molecular formula is C19H21N3O2S. The van der Waals surface area contributed by atoms with Gasteiger partial charge >= 0.3 is 0 Å². The van der Waals surface area contributed by atoms with Crippen molar-refractivity contribution in [1.29, 1.82) is 0 Å². The van der Waals surface area contributed by atoms with E-state index in [1.54, 1.807) is 18.6 Å². The summed E-state index contributed by atoms with van der Waals surface area (Å²) >= 11 is 0. The number of sulfonamides is 1. The number of hydrogen-bond donors (Lipinski definition) is 1. The predicted molar refractivity (Wildman–Crippen MR) is 97.7 cm³/mol. The fourth-order valence-electron chi connectivity index (χ4n) is 2.71. The molecule has 0 aliphatic rings. The zero-order valence-corrected chi connectivity index (χ0v) is 15.1. The van der Waals surface area contributed by atoms with Crippen LogP contribution in [0.4, 0.5) is 0 Å². The minimum Gasteiger partial charge on any atom is -0.333 e. The molecule has 0 bridgehead atoms. The first-order chi connectivity index (χ1) is 11.9.